The molecule has 12 atom stereocenters. The monoisotopic (exact) mass is 488 g/mol. The highest BCUT2D eigenvalue weighted by atomic mass is 16.6. The van der Waals surface area contributed by atoms with Crippen molar-refractivity contribution in [1.29, 1.82) is 0 Å². The zero-order valence-corrected chi connectivity index (χ0v) is 22.9. The maximum atomic E-state index is 13.8. The summed E-state index contributed by atoms with van der Waals surface area (Å²) in [6, 6.07) is 0. The van der Waals surface area contributed by atoms with Crippen molar-refractivity contribution in [1.82, 2.24) is 0 Å². The first kappa shape index (κ1) is 24.8. The van der Waals surface area contributed by atoms with Gasteiger partial charge in [0.05, 0.1) is 17.8 Å². The third kappa shape index (κ3) is 2.72. The predicted molar refractivity (Wildman–Crippen MR) is 133 cm³/mol. The van der Waals surface area contributed by atoms with Crippen LogP contribution in [0.3, 0.4) is 0 Å². The number of hydrogen-bond donors (Lipinski definition) is 3. The second-order valence-corrected chi connectivity index (χ2v) is 15.5. The fourth-order valence-corrected chi connectivity index (χ4v) is 11.6. The predicted octanol–water partition coefficient (Wildman–Crippen LogP) is 4.50. The van der Waals surface area contributed by atoms with Crippen molar-refractivity contribution in [2.75, 3.05) is 0 Å². The Morgan fingerprint density at radius 1 is 0.943 bits per heavy atom. The lowest BCUT2D eigenvalue weighted by molar-refractivity contribution is -0.182. The Morgan fingerprint density at radius 2 is 1.54 bits per heavy atom. The molecule has 198 valence electrons. The van der Waals surface area contributed by atoms with E-state index in [9.17, 15) is 20.1 Å². The molecule has 5 heteroatoms. The number of rotatable bonds is 4. The molecule has 0 bridgehead atoms. The Morgan fingerprint density at radius 3 is 2.17 bits per heavy atom. The first-order chi connectivity index (χ1) is 16.1. The van der Waals surface area contributed by atoms with E-state index in [-0.39, 0.29) is 57.1 Å². The van der Waals surface area contributed by atoms with Gasteiger partial charge in [-0.25, -0.2) is 0 Å². The molecule has 5 aliphatic carbocycles. The van der Waals surface area contributed by atoms with E-state index in [4.69, 9.17) is 4.74 Å². The quantitative estimate of drug-likeness (QED) is 0.507. The molecule has 12 unspecified atom stereocenters. The van der Waals surface area contributed by atoms with Gasteiger partial charge < -0.3 is 20.1 Å². The van der Waals surface area contributed by atoms with E-state index in [1.54, 1.807) is 0 Å². The fourth-order valence-electron chi connectivity index (χ4n) is 11.6. The van der Waals surface area contributed by atoms with Crippen LogP contribution in [-0.4, -0.2) is 51.1 Å². The van der Waals surface area contributed by atoms with E-state index in [1.165, 1.54) is 6.42 Å². The summed E-state index contributed by atoms with van der Waals surface area (Å²) in [5, 5.41) is 33.4. The summed E-state index contributed by atoms with van der Waals surface area (Å²) >= 11 is 0. The molecule has 6 rings (SSSR count). The summed E-state index contributed by atoms with van der Waals surface area (Å²) in [6.45, 7) is 15.2. The standard InChI is InChI=1S/C30H48O5/c1-16(14-17(31)24-26(4,5)35-24)21-22(33)23(34)28(7)19-9-8-18-25(2,3)20(32)10-11-29(18)15-30(19,29)13-12-27(21,28)6/h16-21,23-24,31-32,34H,8-15H2,1-7H3. The van der Waals surface area contributed by atoms with Crippen molar-refractivity contribution in [2.45, 2.75) is 130 Å². The average Bonchev–Trinajstić information content (AvgIpc) is 3.62. The van der Waals surface area contributed by atoms with Gasteiger partial charge in [0.2, 0.25) is 0 Å². The maximum Gasteiger partial charge on any atom is 0.165 e. The van der Waals surface area contributed by atoms with Crippen LogP contribution in [0.1, 0.15) is 99.8 Å². The summed E-state index contributed by atoms with van der Waals surface area (Å²) < 4.78 is 5.69. The molecule has 0 aromatic carbocycles. The van der Waals surface area contributed by atoms with Crippen LogP contribution >= 0.6 is 0 Å². The average molecular weight is 489 g/mol. The molecule has 0 amide bonds. The van der Waals surface area contributed by atoms with Gasteiger partial charge in [0.25, 0.3) is 0 Å². The minimum Gasteiger partial charge on any atom is -0.393 e. The van der Waals surface area contributed by atoms with Gasteiger partial charge in [-0.2, -0.15) is 0 Å². The van der Waals surface area contributed by atoms with E-state index in [1.807, 2.05) is 13.8 Å². The molecule has 1 aliphatic heterocycles. The highest BCUT2D eigenvalue weighted by Gasteiger charge is 2.84. The van der Waals surface area contributed by atoms with Crippen LogP contribution < -0.4 is 0 Å². The lowest BCUT2D eigenvalue weighted by Crippen LogP contribution is -2.59. The third-order valence-corrected chi connectivity index (χ3v) is 13.7. The van der Waals surface area contributed by atoms with Gasteiger partial charge in [0, 0.05) is 11.3 Å². The molecular weight excluding hydrogens is 440 g/mol. The number of ketones is 1. The smallest absolute Gasteiger partial charge is 0.165 e. The summed E-state index contributed by atoms with van der Waals surface area (Å²) in [4.78, 5) is 13.8. The third-order valence-electron chi connectivity index (χ3n) is 13.7. The number of ether oxygens (including phenoxy) is 1. The fraction of sp³-hybridized carbons (Fsp3) is 0.967. The molecule has 2 spiro atoms. The number of carbonyl (C=O) groups is 1. The molecule has 1 saturated heterocycles. The molecule has 1 heterocycles. The van der Waals surface area contributed by atoms with Crippen LogP contribution in [-0.2, 0) is 9.53 Å². The Balaban J connectivity index is 1.31. The second kappa shape index (κ2) is 6.93. The van der Waals surface area contributed by atoms with Crippen molar-refractivity contribution in [3.63, 3.8) is 0 Å². The summed E-state index contributed by atoms with van der Waals surface area (Å²) in [5.74, 6) is 0.667. The lowest BCUT2D eigenvalue weighted by atomic mass is 9.41. The first-order valence-electron chi connectivity index (χ1n) is 14.4. The Hall–Kier alpha value is -0.490. The number of carbonyl (C=O) groups excluding carboxylic acids is 1. The SMILES string of the molecule is CC(CC(O)C1OC1(C)C)C1C(=O)C(O)C2(C)C3CCC4C(C)(C)C(O)CCC45CC35CCC12C. The van der Waals surface area contributed by atoms with Crippen LogP contribution in [0.15, 0.2) is 0 Å². The van der Waals surface area contributed by atoms with Gasteiger partial charge >= 0.3 is 0 Å². The van der Waals surface area contributed by atoms with Crippen LogP contribution in [0.25, 0.3) is 0 Å². The van der Waals surface area contributed by atoms with E-state index in [0.717, 1.165) is 38.5 Å². The number of fused-ring (bicyclic) bond motifs is 2. The molecular formula is C30H48O5. The summed E-state index contributed by atoms with van der Waals surface area (Å²) in [6.07, 6.45) is 6.08. The Bertz CT molecular complexity index is 943. The molecule has 0 radical (unpaired) electrons. The molecule has 0 aromatic rings. The van der Waals surface area contributed by atoms with Crippen molar-refractivity contribution < 1.29 is 24.9 Å². The van der Waals surface area contributed by atoms with Gasteiger partial charge in [-0.05, 0) is 105 Å². The molecule has 5 saturated carbocycles. The minimum atomic E-state index is -0.927. The van der Waals surface area contributed by atoms with Crippen LogP contribution in [0, 0.1) is 50.7 Å². The number of aliphatic hydroxyl groups is 3. The Kier molecular flexibility index (Phi) is 4.91. The molecule has 0 aromatic heterocycles. The number of hydrogen-bond acceptors (Lipinski definition) is 5. The van der Waals surface area contributed by atoms with E-state index >= 15 is 0 Å². The minimum absolute atomic E-state index is 0.00119. The highest BCUT2D eigenvalue weighted by Crippen LogP contribution is 2.88. The van der Waals surface area contributed by atoms with Gasteiger partial charge in [-0.1, -0.05) is 34.6 Å². The van der Waals surface area contributed by atoms with Crippen molar-refractivity contribution in [3.05, 3.63) is 0 Å². The van der Waals surface area contributed by atoms with Crippen molar-refractivity contribution in [3.8, 4) is 0 Å². The normalized spacial score (nSPS) is 56.8. The largest absolute Gasteiger partial charge is 0.393 e. The number of epoxide rings is 1. The van der Waals surface area contributed by atoms with Gasteiger partial charge in [0.15, 0.2) is 5.78 Å². The van der Waals surface area contributed by atoms with Gasteiger partial charge in [-0.15, -0.1) is 0 Å². The number of aliphatic hydroxyl groups excluding tert-OH is 3. The Labute approximate surface area is 211 Å². The molecule has 5 nitrogen and oxygen atoms in total. The second-order valence-electron chi connectivity index (χ2n) is 15.5. The summed E-state index contributed by atoms with van der Waals surface area (Å²) in [5.41, 5.74) is -0.555. The topological polar surface area (TPSA) is 90.3 Å². The summed E-state index contributed by atoms with van der Waals surface area (Å²) in [7, 11) is 0. The molecule has 35 heavy (non-hydrogen) atoms. The maximum absolute atomic E-state index is 13.8. The van der Waals surface area contributed by atoms with E-state index in [0.29, 0.717) is 18.3 Å². The van der Waals surface area contributed by atoms with E-state index in [2.05, 4.69) is 34.6 Å². The zero-order valence-electron chi connectivity index (χ0n) is 22.9. The molecule has 3 N–H and O–H groups in total. The van der Waals surface area contributed by atoms with Gasteiger partial charge in [0.1, 0.15) is 12.2 Å². The van der Waals surface area contributed by atoms with E-state index < -0.39 is 17.6 Å². The zero-order chi connectivity index (χ0) is 25.6. The van der Waals surface area contributed by atoms with Crippen molar-refractivity contribution in [2.24, 2.45) is 50.7 Å². The lowest BCUT2D eigenvalue weighted by Gasteiger charge is -2.63. The van der Waals surface area contributed by atoms with Crippen LogP contribution in [0.4, 0.5) is 0 Å². The molecule has 6 aliphatic rings. The van der Waals surface area contributed by atoms with Crippen LogP contribution in [0.5, 0.6) is 0 Å². The van der Waals surface area contributed by atoms with Crippen molar-refractivity contribution >= 4 is 5.78 Å². The van der Waals surface area contributed by atoms with Crippen LogP contribution in [0.2, 0.25) is 0 Å². The van der Waals surface area contributed by atoms with Gasteiger partial charge in [-0.3, -0.25) is 4.79 Å². The molecule has 6 fully saturated rings. The highest BCUT2D eigenvalue weighted by molar-refractivity contribution is 5.90. The first-order valence-corrected chi connectivity index (χ1v) is 14.4. The number of Topliss-reactive ketones (excluding diaryl/α,β-unsaturated/α-hetero) is 1.